The third-order valence-corrected chi connectivity index (χ3v) is 4.29. The number of ether oxygens (including phenoxy) is 1. The van der Waals surface area contributed by atoms with Crippen molar-refractivity contribution in [2.24, 2.45) is 0 Å². The molecule has 1 heterocycles. The molecule has 28 heavy (non-hydrogen) atoms. The summed E-state index contributed by atoms with van der Waals surface area (Å²) in [6, 6.07) is 21.1. The summed E-state index contributed by atoms with van der Waals surface area (Å²) in [5.74, 6) is 0.0634. The van der Waals surface area contributed by atoms with E-state index >= 15 is 0 Å². The van der Waals surface area contributed by atoms with Gasteiger partial charge in [-0.05, 0) is 48.0 Å². The molecule has 0 aromatic heterocycles. The number of fused-ring (bicyclic) bond motifs is 1. The van der Waals surface area contributed by atoms with Crippen LogP contribution < -0.4 is 15.4 Å². The van der Waals surface area contributed by atoms with Gasteiger partial charge in [-0.15, -0.1) is 0 Å². The molecule has 6 heteroatoms. The van der Waals surface area contributed by atoms with E-state index in [1.807, 2.05) is 30.3 Å². The van der Waals surface area contributed by atoms with Crippen molar-refractivity contribution in [1.29, 1.82) is 0 Å². The maximum Gasteiger partial charge on any atom is 0.259 e. The molecule has 0 aliphatic carbocycles. The molecular formula is C22H16N2O4. The van der Waals surface area contributed by atoms with Crippen molar-refractivity contribution in [3.63, 3.8) is 0 Å². The average molecular weight is 372 g/mol. The maximum absolute atomic E-state index is 12.1. The molecule has 0 fully saturated rings. The molecule has 2 N–H and O–H groups in total. The third kappa shape index (κ3) is 3.76. The lowest BCUT2D eigenvalue weighted by Gasteiger charge is -2.09. The number of carbonyl (C=O) groups is 3. The highest BCUT2D eigenvalue weighted by Crippen LogP contribution is 2.27. The van der Waals surface area contributed by atoms with Crippen LogP contribution in [0.25, 0.3) is 0 Å². The first kappa shape index (κ1) is 17.5. The standard InChI is InChI=1S/C22H16N2O4/c25-20(12-14-4-2-1-3-5-14)23-15-6-8-16(9-7-15)28-17-10-11-18-19(13-17)22(27)24-21(18)26/h1-11,13H,12H2,(H,23,25)(H,24,26,27). The zero-order valence-corrected chi connectivity index (χ0v) is 14.8. The van der Waals surface area contributed by atoms with Gasteiger partial charge in [0, 0.05) is 5.69 Å². The van der Waals surface area contributed by atoms with Gasteiger partial charge in [0.05, 0.1) is 17.5 Å². The molecular weight excluding hydrogens is 356 g/mol. The molecule has 4 rings (SSSR count). The molecule has 0 saturated carbocycles. The van der Waals surface area contributed by atoms with Crippen LogP contribution in [0.3, 0.4) is 0 Å². The van der Waals surface area contributed by atoms with E-state index in [1.165, 1.54) is 6.07 Å². The van der Waals surface area contributed by atoms with Crippen LogP contribution >= 0.6 is 0 Å². The van der Waals surface area contributed by atoms with Gasteiger partial charge in [0.15, 0.2) is 0 Å². The van der Waals surface area contributed by atoms with Crippen LogP contribution in [0, 0.1) is 0 Å². The largest absolute Gasteiger partial charge is 0.457 e. The molecule has 1 aliphatic rings. The van der Waals surface area contributed by atoms with Gasteiger partial charge in [0.1, 0.15) is 11.5 Å². The Morgan fingerprint density at radius 1 is 0.821 bits per heavy atom. The number of benzene rings is 3. The van der Waals surface area contributed by atoms with Gasteiger partial charge in [-0.2, -0.15) is 0 Å². The lowest BCUT2D eigenvalue weighted by Crippen LogP contribution is -2.19. The van der Waals surface area contributed by atoms with E-state index in [1.54, 1.807) is 36.4 Å². The van der Waals surface area contributed by atoms with Crippen molar-refractivity contribution in [3.05, 3.63) is 89.5 Å². The Morgan fingerprint density at radius 3 is 2.25 bits per heavy atom. The molecule has 0 saturated heterocycles. The average Bonchev–Trinajstić information content (AvgIpc) is 2.97. The molecule has 0 atom stereocenters. The Morgan fingerprint density at radius 2 is 1.50 bits per heavy atom. The normalized spacial score (nSPS) is 12.3. The van der Waals surface area contributed by atoms with Gasteiger partial charge in [-0.3, -0.25) is 19.7 Å². The molecule has 0 spiro atoms. The summed E-state index contributed by atoms with van der Waals surface area (Å²) < 4.78 is 5.74. The number of anilines is 1. The summed E-state index contributed by atoms with van der Waals surface area (Å²) >= 11 is 0. The fraction of sp³-hybridized carbons (Fsp3) is 0.0455. The van der Waals surface area contributed by atoms with Gasteiger partial charge in [-0.25, -0.2) is 0 Å². The van der Waals surface area contributed by atoms with Crippen molar-refractivity contribution in [2.45, 2.75) is 6.42 Å². The van der Waals surface area contributed by atoms with Crippen molar-refractivity contribution in [2.75, 3.05) is 5.32 Å². The summed E-state index contributed by atoms with van der Waals surface area (Å²) in [6.07, 6.45) is 0.301. The number of nitrogens with one attached hydrogen (secondary N) is 2. The van der Waals surface area contributed by atoms with E-state index in [2.05, 4.69) is 10.6 Å². The van der Waals surface area contributed by atoms with Crippen molar-refractivity contribution in [3.8, 4) is 11.5 Å². The van der Waals surface area contributed by atoms with E-state index < -0.39 is 11.8 Å². The number of imide groups is 1. The summed E-state index contributed by atoms with van der Waals surface area (Å²) in [5, 5.41) is 5.08. The van der Waals surface area contributed by atoms with E-state index in [9.17, 15) is 14.4 Å². The highest BCUT2D eigenvalue weighted by Gasteiger charge is 2.26. The second-order valence-electron chi connectivity index (χ2n) is 6.33. The summed E-state index contributed by atoms with van der Waals surface area (Å²) in [6.45, 7) is 0. The lowest BCUT2D eigenvalue weighted by molar-refractivity contribution is -0.115. The van der Waals surface area contributed by atoms with Crippen molar-refractivity contribution >= 4 is 23.4 Å². The van der Waals surface area contributed by atoms with Crippen LogP contribution in [0.1, 0.15) is 26.3 Å². The Balaban J connectivity index is 1.40. The van der Waals surface area contributed by atoms with Crippen LogP contribution in [-0.4, -0.2) is 17.7 Å². The molecule has 138 valence electrons. The number of carbonyl (C=O) groups excluding carboxylic acids is 3. The van der Waals surface area contributed by atoms with Crippen LogP contribution in [0.2, 0.25) is 0 Å². The van der Waals surface area contributed by atoms with E-state index in [4.69, 9.17) is 4.74 Å². The molecule has 0 unspecified atom stereocenters. The number of hydrogen-bond donors (Lipinski definition) is 2. The highest BCUT2D eigenvalue weighted by atomic mass is 16.5. The quantitative estimate of drug-likeness (QED) is 0.671. The zero-order valence-electron chi connectivity index (χ0n) is 14.8. The van der Waals surface area contributed by atoms with E-state index in [0.717, 1.165) is 5.56 Å². The van der Waals surface area contributed by atoms with Crippen LogP contribution in [0.15, 0.2) is 72.8 Å². The Labute approximate surface area is 161 Å². The summed E-state index contributed by atoms with van der Waals surface area (Å²) in [7, 11) is 0. The monoisotopic (exact) mass is 372 g/mol. The maximum atomic E-state index is 12.1. The Hall–Kier alpha value is -3.93. The summed E-state index contributed by atoms with van der Waals surface area (Å²) in [4.78, 5) is 35.4. The molecule has 1 aliphatic heterocycles. The molecule has 3 aromatic carbocycles. The minimum absolute atomic E-state index is 0.103. The van der Waals surface area contributed by atoms with Crippen molar-refractivity contribution < 1.29 is 19.1 Å². The second kappa shape index (κ2) is 7.36. The molecule has 3 aromatic rings. The van der Waals surface area contributed by atoms with Crippen LogP contribution in [0.4, 0.5) is 5.69 Å². The first-order chi connectivity index (χ1) is 13.6. The molecule has 0 radical (unpaired) electrons. The first-order valence-corrected chi connectivity index (χ1v) is 8.70. The minimum Gasteiger partial charge on any atom is -0.457 e. The van der Waals surface area contributed by atoms with E-state index in [-0.39, 0.29) is 5.91 Å². The summed E-state index contributed by atoms with van der Waals surface area (Å²) in [5.41, 5.74) is 2.24. The molecule has 6 nitrogen and oxygen atoms in total. The molecule has 0 bridgehead atoms. The lowest BCUT2D eigenvalue weighted by atomic mass is 10.1. The topological polar surface area (TPSA) is 84.5 Å². The third-order valence-electron chi connectivity index (χ3n) is 4.29. The van der Waals surface area contributed by atoms with Gasteiger partial charge >= 0.3 is 0 Å². The van der Waals surface area contributed by atoms with Gasteiger partial charge < -0.3 is 10.1 Å². The Kier molecular flexibility index (Phi) is 4.60. The second-order valence-corrected chi connectivity index (χ2v) is 6.33. The fourth-order valence-electron chi connectivity index (χ4n) is 2.94. The molecule has 3 amide bonds. The fourth-order valence-corrected chi connectivity index (χ4v) is 2.94. The predicted octanol–water partition coefficient (Wildman–Crippen LogP) is 3.54. The Bertz CT molecular complexity index is 1060. The highest BCUT2D eigenvalue weighted by molar-refractivity contribution is 6.21. The predicted molar refractivity (Wildman–Crippen MR) is 104 cm³/mol. The first-order valence-electron chi connectivity index (χ1n) is 8.70. The van der Waals surface area contributed by atoms with Crippen LogP contribution in [0.5, 0.6) is 11.5 Å². The smallest absolute Gasteiger partial charge is 0.259 e. The number of amides is 3. The van der Waals surface area contributed by atoms with Gasteiger partial charge in [-0.1, -0.05) is 30.3 Å². The van der Waals surface area contributed by atoms with Gasteiger partial charge in [0.25, 0.3) is 11.8 Å². The SMILES string of the molecule is O=C(Cc1ccccc1)Nc1ccc(Oc2ccc3c(c2)C(=O)NC3=O)cc1. The number of rotatable bonds is 5. The zero-order chi connectivity index (χ0) is 19.5. The van der Waals surface area contributed by atoms with Crippen LogP contribution in [-0.2, 0) is 11.2 Å². The van der Waals surface area contributed by atoms with E-state index in [0.29, 0.717) is 34.7 Å². The number of hydrogen-bond acceptors (Lipinski definition) is 4. The van der Waals surface area contributed by atoms with Gasteiger partial charge in [0.2, 0.25) is 5.91 Å². The van der Waals surface area contributed by atoms with Crippen molar-refractivity contribution in [1.82, 2.24) is 5.32 Å². The minimum atomic E-state index is -0.429.